The van der Waals surface area contributed by atoms with Crippen molar-refractivity contribution in [3.05, 3.63) is 64.7 Å². The fourth-order valence-electron chi connectivity index (χ4n) is 2.65. The van der Waals surface area contributed by atoms with Gasteiger partial charge in [0.05, 0.1) is 12.6 Å². The van der Waals surface area contributed by atoms with Crippen LogP contribution in [0, 0.1) is 0 Å². The van der Waals surface area contributed by atoms with E-state index < -0.39 is 0 Å². The number of carbonyl (C=O) groups is 1. The van der Waals surface area contributed by atoms with E-state index >= 15 is 0 Å². The molecule has 0 radical (unpaired) electrons. The number of carbonyl (C=O) groups excluding carboxylic acids is 1. The lowest BCUT2D eigenvalue weighted by Gasteiger charge is -2.19. The minimum absolute atomic E-state index is 0.0177. The van der Waals surface area contributed by atoms with E-state index in [0.29, 0.717) is 24.5 Å². The third kappa shape index (κ3) is 6.38. The number of hydrogen-bond donors (Lipinski definition) is 1. The van der Waals surface area contributed by atoms with Crippen LogP contribution in [0.4, 0.5) is 0 Å². The van der Waals surface area contributed by atoms with Crippen molar-refractivity contribution in [1.82, 2.24) is 5.32 Å². The molecule has 2 rings (SSSR count). The van der Waals surface area contributed by atoms with E-state index in [4.69, 9.17) is 16.3 Å². The fraction of sp³-hybridized carbons (Fsp3) is 0.409. The van der Waals surface area contributed by atoms with Crippen LogP contribution >= 0.6 is 11.6 Å². The topological polar surface area (TPSA) is 38.3 Å². The molecular weight excluding hydrogens is 346 g/mol. The Morgan fingerprint density at radius 2 is 1.85 bits per heavy atom. The maximum Gasteiger partial charge on any atom is 0.220 e. The van der Waals surface area contributed by atoms with Crippen LogP contribution in [0.3, 0.4) is 0 Å². The van der Waals surface area contributed by atoms with Crippen molar-refractivity contribution in [3.63, 3.8) is 0 Å². The molecular formula is C22H28ClNO2. The Morgan fingerprint density at radius 3 is 2.46 bits per heavy atom. The molecule has 1 atom stereocenters. The molecule has 1 N–H and O–H groups in total. The molecule has 26 heavy (non-hydrogen) atoms. The minimum atomic E-state index is -0.0629. The van der Waals surface area contributed by atoms with E-state index in [1.54, 1.807) is 0 Å². The second-order valence-electron chi connectivity index (χ2n) is 7.57. The van der Waals surface area contributed by atoms with E-state index in [0.717, 1.165) is 11.3 Å². The molecule has 0 bridgehead atoms. The predicted octanol–water partition coefficient (Wildman–Crippen LogP) is 5.67. The van der Waals surface area contributed by atoms with E-state index in [9.17, 15) is 4.79 Å². The van der Waals surface area contributed by atoms with Crippen LogP contribution in [0.15, 0.2) is 48.5 Å². The summed E-state index contributed by atoms with van der Waals surface area (Å²) in [6, 6.07) is 15.6. The summed E-state index contributed by atoms with van der Waals surface area (Å²) in [4.78, 5) is 12.1. The summed E-state index contributed by atoms with van der Waals surface area (Å²) >= 11 is 5.99. The quantitative estimate of drug-likeness (QED) is 0.634. The van der Waals surface area contributed by atoms with Gasteiger partial charge in [0.2, 0.25) is 5.91 Å². The second-order valence-corrected chi connectivity index (χ2v) is 8.01. The Labute approximate surface area is 161 Å². The van der Waals surface area contributed by atoms with Crippen LogP contribution in [0.5, 0.6) is 5.75 Å². The van der Waals surface area contributed by atoms with Gasteiger partial charge in [0, 0.05) is 11.4 Å². The van der Waals surface area contributed by atoms with Crippen LogP contribution in [-0.2, 0) is 10.2 Å². The molecule has 0 fully saturated rings. The highest BCUT2D eigenvalue weighted by Gasteiger charge is 2.13. The lowest BCUT2D eigenvalue weighted by atomic mass is 9.87. The molecule has 0 saturated heterocycles. The van der Waals surface area contributed by atoms with Gasteiger partial charge in [-0.25, -0.2) is 0 Å². The van der Waals surface area contributed by atoms with Crippen molar-refractivity contribution in [2.75, 3.05) is 6.61 Å². The highest BCUT2D eigenvalue weighted by molar-refractivity contribution is 6.30. The number of hydrogen-bond acceptors (Lipinski definition) is 2. The zero-order chi connectivity index (χ0) is 19.2. The summed E-state index contributed by atoms with van der Waals surface area (Å²) < 4.78 is 5.73. The average Bonchev–Trinajstić information content (AvgIpc) is 2.58. The molecule has 0 aliphatic carbocycles. The molecule has 0 saturated carbocycles. The number of ether oxygens (including phenoxy) is 1. The third-order valence-electron chi connectivity index (χ3n) is 4.26. The summed E-state index contributed by atoms with van der Waals surface area (Å²) in [6.45, 7) is 9.04. The summed E-state index contributed by atoms with van der Waals surface area (Å²) in [5.74, 6) is 0.856. The Balaban J connectivity index is 1.71. The van der Waals surface area contributed by atoms with E-state index in [1.807, 2.05) is 43.3 Å². The molecule has 140 valence electrons. The number of benzene rings is 2. The third-order valence-corrected chi connectivity index (χ3v) is 4.50. The van der Waals surface area contributed by atoms with E-state index in [2.05, 4.69) is 38.2 Å². The van der Waals surface area contributed by atoms with Crippen LogP contribution in [0.2, 0.25) is 5.02 Å². The number of nitrogens with one attached hydrogen (secondary N) is 1. The molecule has 2 aromatic carbocycles. The molecule has 0 aliphatic heterocycles. The van der Waals surface area contributed by atoms with Gasteiger partial charge >= 0.3 is 0 Å². The monoisotopic (exact) mass is 373 g/mol. The van der Waals surface area contributed by atoms with E-state index in [-0.39, 0.29) is 17.4 Å². The van der Waals surface area contributed by atoms with Crippen LogP contribution in [-0.4, -0.2) is 12.5 Å². The smallest absolute Gasteiger partial charge is 0.220 e. The molecule has 0 unspecified atom stereocenters. The van der Waals surface area contributed by atoms with Gasteiger partial charge in [-0.3, -0.25) is 4.79 Å². The lowest BCUT2D eigenvalue weighted by molar-refractivity contribution is -0.121. The summed E-state index contributed by atoms with van der Waals surface area (Å²) in [7, 11) is 0. The van der Waals surface area contributed by atoms with Crippen molar-refractivity contribution in [2.24, 2.45) is 0 Å². The summed E-state index contributed by atoms with van der Waals surface area (Å²) in [5, 5.41) is 3.67. The minimum Gasteiger partial charge on any atom is -0.494 e. The zero-order valence-corrected chi connectivity index (χ0v) is 16.8. The molecule has 1 amide bonds. The Morgan fingerprint density at radius 1 is 1.15 bits per heavy atom. The number of halogens is 1. The normalized spacial score (nSPS) is 12.5. The van der Waals surface area contributed by atoms with Crippen molar-refractivity contribution in [3.8, 4) is 5.75 Å². The SMILES string of the molecule is C[C@@H](NC(=O)CCCOc1ccc(C(C)(C)C)cc1)c1cccc(Cl)c1. The molecule has 2 aromatic rings. The molecule has 0 aliphatic rings. The van der Waals surface area contributed by atoms with Crippen molar-refractivity contribution in [2.45, 2.75) is 52.0 Å². The maximum atomic E-state index is 12.1. The average molecular weight is 374 g/mol. The highest BCUT2D eigenvalue weighted by Crippen LogP contribution is 2.24. The van der Waals surface area contributed by atoms with Gasteiger partial charge in [-0.05, 0) is 54.2 Å². The molecule has 3 nitrogen and oxygen atoms in total. The Kier molecular flexibility index (Phi) is 7.10. The van der Waals surface area contributed by atoms with Gasteiger partial charge in [0.1, 0.15) is 5.75 Å². The molecule has 0 aromatic heterocycles. The summed E-state index contributed by atoms with van der Waals surface area (Å²) in [5.41, 5.74) is 2.41. The van der Waals surface area contributed by atoms with Gasteiger partial charge in [0.15, 0.2) is 0 Å². The lowest BCUT2D eigenvalue weighted by Crippen LogP contribution is -2.26. The van der Waals surface area contributed by atoms with Crippen molar-refractivity contribution >= 4 is 17.5 Å². The molecule has 0 heterocycles. The van der Waals surface area contributed by atoms with Crippen molar-refractivity contribution < 1.29 is 9.53 Å². The predicted molar refractivity (Wildman–Crippen MR) is 108 cm³/mol. The first-order chi connectivity index (χ1) is 12.3. The zero-order valence-electron chi connectivity index (χ0n) is 16.0. The van der Waals surface area contributed by atoms with E-state index in [1.165, 1.54) is 5.56 Å². The molecule has 0 spiro atoms. The maximum absolute atomic E-state index is 12.1. The fourth-order valence-corrected chi connectivity index (χ4v) is 2.85. The van der Waals surface area contributed by atoms with Crippen LogP contribution < -0.4 is 10.1 Å². The number of amides is 1. The van der Waals surface area contributed by atoms with Gasteiger partial charge < -0.3 is 10.1 Å². The first kappa shape index (κ1) is 20.3. The van der Waals surface area contributed by atoms with Gasteiger partial charge in [-0.15, -0.1) is 0 Å². The largest absolute Gasteiger partial charge is 0.494 e. The van der Waals surface area contributed by atoms with Crippen LogP contribution in [0.1, 0.15) is 57.7 Å². The number of rotatable bonds is 7. The van der Waals surface area contributed by atoms with Crippen molar-refractivity contribution in [1.29, 1.82) is 0 Å². The van der Waals surface area contributed by atoms with Gasteiger partial charge in [0.25, 0.3) is 0 Å². The first-order valence-electron chi connectivity index (χ1n) is 9.04. The standard InChI is InChI=1S/C22H28ClNO2/c1-16(17-7-5-8-19(23)15-17)24-21(25)9-6-14-26-20-12-10-18(11-13-20)22(2,3)4/h5,7-8,10-13,15-16H,6,9,14H2,1-4H3,(H,24,25)/t16-/m1/s1. The second kappa shape index (κ2) is 9.09. The summed E-state index contributed by atoms with van der Waals surface area (Å²) in [6.07, 6.45) is 1.11. The molecule has 4 heteroatoms. The first-order valence-corrected chi connectivity index (χ1v) is 9.41. The highest BCUT2D eigenvalue weighted by atomic mass is 35.5. The van der Waals surface area contributed by atoms with Gasteiger partial charge in [-0.1, -0.05) is 56.6 Å². The van der Waals surface area contributed by atoms with Crippen LogP contribution in [0.25, 0.3) is 0 Å². The van der Waals surface area contributed by atoms with Gasteiger partial charge in [-0.2, -0.15) is 0 Å². The Bertz CT molecular complexity index is 720. The Hall–Kier alpha value is -2.00.